The Balaban J connectivity index is 1.62. The third kappa shape index (κ3) is 7.76. The van der Waals surface area contributed by atoms with Gasteiger partial charge in [-0.1, -0.05) is 12.1 Å². The van der Waals surface area contributed by atoms with E-state index in [1.807, 2.05) is 27.7 Å². The van der Waals surface area contributed by atoms with Crippen molar-refractivity contribution in [1.82, 2.24) is 24.8 Å². The molecule has 0 saturated heterocycles. The first-order chi connectivity index (χ1) is 17.9. The van der Waals surface area contributed by atoms with Crippen molar-refractivity contribution in [2.24, 2.45) is 0 Å². The molecule has 0 atom stereocenters. The molecule has 2 heterocycles. The number of anilines is 1. The smallest absolute Gasteiger partial charge is 0.328 e. The fourth-order valence-corrected chi connectivity index (χ4v) is 3.48. The van der Waals surface area contributed by atoms with Crippen LogP contribution in [-0.4, -0.2) is 77.2 Å². The molecule has 0 bridgehead atoms. The zero-order chi connectivity index (χ0) is 27.9. The lowest BCUT2D eigenvalue weighted by Crippen LogP contribution is -2.38. The van der Waals surface area contributed by atoms with Gasteiger partial charge in [0.15, 0.2) is 11.5 Å². The molecule has 38 heavy (non-hydrogen) atoms. The molecule has 2 aromatic heterocycles. The van der Waals surface area contributed by atoms with Gasteiger partial charge in [0.25, 0.3) is 5.91 Å². The Hall–Kier alpha value is -3.48. The van der Waals surface area contributed by atoms with Crippen LogP contribution < -0.4 is 21.5 Å². The molecule has 0 fully saturated rings. The third-order valence-corrected chi connectivity index (χ3v) is 6.08. The summed E-state index contributed by atoms with van der Waals surface area (Å²) in [6, 6.07) is 7.08. The van der Waals surface area contributed by atoms with Crippen molar-refractivity contribution in [2.45, 2.75) is 51.9 Å². The van der Waals surface area contributed by atoms with Crippen LogP contribution in [0.2, 0.25) is 0 Å². The van der Waals surface area contributed by atoms with Gasteiger partial charge >= 0.3 is 11.7 Å². The fraction of sp³-hybridized carbons (Fsp3) is 0.538. The second-order valence-electron chi connectivity index (χ2n) is 10.2. The van der Waals surface area contributed by atoms with Gasteiger partial charge in [-0.05, 0) is 51.8 Å². The number of rotatable bonds is 14. The highest BCUT2D eigenvalue weighted by Gasteiger charge is 2.24. The number of nitrogens with two attached hydrogens (primary N) is 1. The van der Waals surface area contributed by atoms with Crippen molar-refractivity contribution < 1.29 is 23.7 Å². The van der Waals surface area contributed by atoms with Crippen LogP contribution in [0, 0.1) is 0 Å². The van der Waals surface area contributed by atoms with Gasteiger partial charge in [-0.15, -0.1) is 0 Å². The number of H-pyrrole nitrogens is 1. The first-order valence-electron chi connectivity index (χ1n) is 12.4. The van der Waals surface area contributed by atoms with E-state index in [9.17, 15) is 9.59 Å². The second kappa shape index (κ2) is 12.4. The van der Waals surface area contributed by atoms with Crippen molar-refractivity contribution in [1.29, 1.82) is 0 Å². The van der Waals surface area contributed by atoms with Crippen LogP contribution in [0.3, 0.4) is 0 Å². The molecule has 0 aliphatic carbocycles. The Morgan fingerprint density at radius 2 is 1.79 bits per heavy atom. The molecule has 0 unspecified atom stereocenters. The lowest BCUT2D eigenvalue weighted by atomic mass is 10.0. The Morgan fingerprint density at radius 3 is 2.45 bits per heavy atom. The molecule has 0 spiro atoms. The molecule has 3 rings (SSSR count). The summed E-state index contributed by atoms with van der Waals surface area (Å²) in [4.78, 5) is 36.4. The highest BCUT2D eigenvalue weighted by Crippen LogP contribution is 2.20. The maximum absolute atomic E-state index is 12.6. The number of hydrogen-bond acceptors (Lipinski definition) is 9. The predicted molar refractivity (Wildman–Crippen MR) is 144 cm³/mol. The first-order valence-corrected chi connectivity index (χ1v) is 12.4. The van der Waals surface area contributed by atoms with Crippen LogP contribution in [-0.2, 0) is 20.8 Å². The van der Waals surface area contributed by atoms with Gasteiger partial charge in [0, 0.05) is 26.3 Å². The second-order valence-corrected chi connectivity index (χ2v) is 10.2. The Morgan fingerprint density at radius 1 is 1.08 bits per heavy atom. The normalized spacial score (nSPS) is 12.2. The van der Waals surface area contributed by atoms with Crippen molar-refractivity contribution in [2.75, 3.05) is 46.3 Å². The summed E-state index contributed by atoms with van der Waals surface area (Å²) in [6.45, 7) is 9.63. The van der Waals surface area contributed by atoms with Crippen molar-refractivity contribution in [3.8, 4) is 6.01 Å². The molecule has 1 aromatic carbocycles. The minimum absolute atomic E-state index is 0.0582. The number of aromatic nitrogens is 4. The Labute approximate surface area is 221 Å². The predicted octanol–water partition coefficient (Wildman–Crippen LogP) is 2.12. The standard InChI is InChI=1S/C26H38N6O6/c1-25(2,38-16-26(3,4)36-6)11-12-28-22(33)18-9-7-17(8-10-18)15-32-21-19(29-24(32)34)20(27)30-23(31-21)37-14-13-35-5/h7-10H,11-16H2,1-6H3,(H,28,33)(H,29,34)(H2,27,30,31). The van der Waals surface area contributed by atoms with E-state index >= 15 is 0 Å². The number of amides is 1. The molecule has 12 heteroatoms. The molecule has 0 aliphatic heterocycles. The molecule has 208 valence electrons. The van der Waals surface area contributed by atoms with E-state index in [1.54, 1.807) is 38.5 Å². The van der Waals surface area contributed by atoms with Crippen molar-refractivity contribution in [3.05, 3.63) is 45.9 Å². The van der Waals surface area contributed by atoms with Gasteiger partial charge in [-0.3, -0.25) is 9.36 Å². The zero-order valence-electron chi connectivity index (χ0n) is 22.9. The molecular weight excluding hydrogens is 492 g/mol. The van der Waals surface area contributed by atoms with Gasteiger partial charge in [-0.2, -0.15) is 9.97 Å². The lowest BCUT2D eigenvalue weighted by Gasteiger charge is -2.31. The molecule has 4 N–H and O–H groups in total. The Kier molecular flexibility index (Phi) is 9.47. The summed E-state index contributed by atoms with van der Waals surface area (Å²) in [6.07, 6.45) is 0.641. The van der Waals surface area contributed by atoms with E-state index in [4.69, 9.17) is 24.7 Å². The number of nitrogens with zero attached hydrogens (tertiary/aromatic N) is 3. The molecule has 1 amide bonds. The number of nitrogen functional groups attached to an aromatic ring is 1. The minimum atomic E-state index is -0.416. The van der Waals surface area contributed by atoms with Gasteiger partial charge in [0.1, 0.15) is 12.1 Å². The van der Waals surface area contributed by atoms with Crippen LogP contribution >= 0.6 is 0 Å². The maximum Gasteiger partial charge on any atom is 0.328 e. The van der Waals surface area contributed by atoms with Crippen LogP contribution in [0.5, 0.6) is 6.01 Å². The highest BCUT2D eigenvalue weighted by atomic mass is 16.5. The summed E-state index contributed by atoms with van der Waals surface area (Å²) in [5, 5.41) is 2.93. The number of carbonyl (C=O) groups is 1. The van der Waals surface area contributed by atoms with E-state index < -0.39 is 5.60 Å². The first kappa shape index (κ1) is 29.1. The van der Waals surface area contributed by atoms with Gasteiger partial charge in [0.2, 0.25) is 0 Å². The zero-order valence-corrected chi connectivity index (χ0v) is 22.9. The van der Waals surface area contributed by atoms with Gasteiger partial charge in [0.05, 0.1) is 31.0 Å². The van der Waals surface area contributed by atoms with Crippen molar-refractivity contribution >= 4 is 22.9 Å². The number of ether oxygens (including phenoxy) is 4. The quantitative estimate of drug-likeness (QED) is 0.266. The fourth-order valence-electron chi connectivity index (χ4n) is 3.48. The summed E-state index contributed by atoms with van der Waals surface area (Å²) < 4.78 is 23.2. The van der Waals surface area contributed by atoms with E-state index in [1.165, 1.54) is 4.57 Å². The summed E-state index contributed by atoms with van der Waals surface area (Å²) >= 11 is 0. The number of imidazole rings is 1. The molecule has 0 saturated carbocycles. The average Bonchev–Trinajstić information content (AvgIpc) is 3.19. The highest BCUT2D eigenvalue weighted by molar-refractivity contribution is 5.94. The number of nitrogens with one attached hydrogen (secondary N) is 2. The number of carbonyl (C=O) groups excluding carboxylic acids is 1. The summed E-state index contributed by atoms with van der Waals surface area (Å²) in [5.74, 6) is -0.0755. The van der Waals surface area contributed by atoms with Crippen LogP contribution in [0.4, 0.5) is 5.82 Å². The number of aromatic amines is 1. The largest absolute Gasteiger partial charge is 0.461 e. The van der Waals surface area contributed by atoms with Gasteiger partial charge in [-0.25, -0.2) is 4.79 Å². The van der Waals surface area contributed by atoms with Crippen LogP contribution in [0.1, 0.15) is 50.0 Å². The van der Waals surface area contributed by atoms with Crippen molar-refractivity contribution in [3.63, 3.8) is 0 Å². The van der Waals surface area contributed by atoms with Crippen LogP contribution in [0.25, 0.3) is 11.2 Å². The third-order valence-electron chi connectivity index (χ3n) is 6.08. The minimum Gasteiger partial charge on any atom is -0.461 e. The summed E-state index contributed by atoms with van der Waals surface area (Å²) in [5.41, 5.74) is 6.81. The molecule has 12 nitrogen and oxygen atoms in total. The maximum atomic E-state index is 12.6. The van der Waals surface area contributed by atoms with Gasteiger partial charge < -0.3 is 35.0 Å². The van der Waals surface area contributed by atoms with E-state index in [0.717, 1.165) is 5.56 Å². The molecular formula is C26H38N6O6. The van der Waals surface area contributed by atoms with E-state index in [0.29, 0.717) is 42.9 Å². The SMILES string of the molecule is COCCOc1nc(N)c2[nH]c(=O)n(Cc3ccc(C(=O)NCCC(C)(C)OCC(C)(C)OC)cc3)c2n1. The monoisotopic (exact) mass is 530 g/mol. The topological polar surface area (TPSA) is 156 Å². The molecule has 0 radical (unpaired) electrons. The molecule has 3 aromatic rings. The Bertz CT molecular complexity index is 1280. The number of methoxy groups -OCH3 is 2. The number of benzene rings is 1. The van der Waals surface area contributed by atoms with E-state index in [-0.39, 0.29) is 42.2 Å². The number of fused-ring (bicyclic) bond motifs is 1. The molecule has 0 aliphatic rings. The van der Waals surface area contributed by atoms with Crippen LogP contribution in [0.15, 0.2) is 29.1 Å². The average molecular weight is 531 g/mol. The van der Waals surface area contributed by atoms with E-state index in [2.05, 4.69) is 20.3 Å². The lowest BCUT2D eigenvalue weighted by molar-refractivity contribution is -0.108. The number of hydrogen-bond donors (Lipinski definition) is 3. The summed E-state index contributed by atoms with van der Waals surface area (Å²) in [7, 11) is 3.21.